The first-order valence-corrected chi connectivity index (χ1v) is 9.59. The Morgan fingerprint density at radius 1 is 1.11 bits per heavy atom. The molecule has 7 nitrogen and oxygen atoms in total. The molecular formula is C21H27N4O3+. The van der Waals surface area contributed by atoms with Crippen LogP contribution in [0.1, 0.15) is 34.3 Å². The van der Waals surface area contributed by atoms with Crippen LogP contribution in [-0.4, -0.2) is 38.0 Å². The Bertz CT molecular complexity index is 843. The number of carbonyl (C=O) groups is 1. The van der Waals surface area contributed by atoms with Crippen molar-refractivity contribution >= 4 is 17.3 Å². The number of nitro benzene ring substituents is 1. The number of hydrogen-bond acceptors (Lipinski definition) is 4. The lowest BCUT2D eigenvalue weighted by molar-refractivity contribution is -0.901. The van der Waals surface area contributed by atoms with Gasteiger partial charge in [0.15, 0.2) is 0 Å². The molecule has 1 fully saturated rings. The van der Waals surface area contributed by atoms with Crippen molar-refractivity contribution in [3.05, 3.63) is 69.3 Å². The number of rotatable bonds is 7. The molecule has 0 saturated carbocycles. The van der Waals surface area contributed by atoms with Gasteiger partial charge in [-0.1, -0.05) is 24.3 Å². The maximum Gasteiger partial charge on any atom is 0.270 e. The molecule has 2 aromatic rings. The molecule has 1 heterocycles. The lowest BCUT2D eigenvalue weighted by atomic mass is 10.1. The highest BCUT2D eigenvalue weighted by atomic mass is 16.6. The summed E-state index contributed by atoms with van der Waals surface area (Å²) in [4.78, 5) is 26.6. The fourth-order valence-corrected chi connectivity index (χ4v) is 3.60. The van der Waals surface area contributed by atoms with Crippen molar-refractivity contribution in [1.29, 1.82) is 0 Å². The van der Waals surface area contributed by atoms with Crippen molar-refractivity contribution in [2.45, 2.75) is 25.9 Å². The number of amides is 1. The lowest BCUT2D eigenvalue weighted by Crippen LogP contribution is -3.08. The number of nitrogens with zero attached hydrogens (tertiary/aromatic N) is 2. The number of nitro groups is 1. The first-order chi connectivity index (χ1) is 13.4. The van der Waals surface area contributed by atoms with Crippen LogP contribution < -0.4 is 15.1 Å². The van der Waals surface area contributed by atoms with Crippen LogP contribution in [0.15, 0.2) is 42.5 Å². The van der Waals surface area contributed by atoms with Crippen LogP contribution in [0.5, 0.6) is 0 Å². The van der Waals surface area contributed by atoms with Crippen LogP contribution in [0.2, 0.25) is 0 Å². The fourth-order valence-electron chi connectivity index (χ4n) is 3.60. The fraction of sp³-hybridized carbons (Fsp3) is 0.381. The molecule has 0 bridgehead atoms. The average molecular weight is 383 g/mol. The Balaban J connectivity index is 1.64. The van der Waals surface area contributed by atoms with Crippen molar-refractivity contribution < 1.29 is 14.6 Å². The van der Waals surface area contributed by atoms with E-state index in [1.807, 2.05) is 12.1 Å². The van der Waals surface area contributed by atoms with Gasteiger partial charge < -0.3 is 15.1 Å². The second kappa shape index (κ2) is 8.84. The molecular weight excluding hydrogens is 356 g/mol. The Morgan fingerprint density at radius 2 is 1.75 bits per heavy atom. The van der Waals surface area contributed by atoms with E-state index >= 15 is 0 Å². The normalized spacial score (nSPS) is 14.1. The van der Waals surface area contributed by atoms with Gasteiger partial charge in [0.25, 0.3) is 11.6 Å². The molecule has 0 aliphatic carbocycles. The highest BCUT2D eigenvalue weighted by Gasteiger charge is 2.18. The highest BCUT2D eigenvalue weighted by Crippen LogP contribution is 2.24. The minimum atomic E-state index is -0.489. The molecule has 1 aliphatic rings. The molecule has 0 atom stereocenters. The van der Waals surface area contributed by atoms with Crippen LogP contribution in [0.3, 0.4) is 0 Å². The summed E-state index contributed by atoms with van der Waals surface area (Å²) in [7, 11) is 3.61. The Kier molecular flexibility index (Phi) is 6.26. The van der Waals surface area contributed by atoms with E-state index in [-0.39, 0.29) is 11.6 Å². The standard InChI is InChI=1S/C21H26N4O3/c1-23(2)20-10-9-18(25(27)28)13-19(20)21(26)22-14-16-5-7-17(8-6-16)15-24-11-3-4-12-24/h5-10,13H,3-4,11-12,14-15H2,1-2H3,(H,22,26)/p+1. The predicted octanol–water partition coefficient (Wildman–Crippen LogP) is 1.77. The van der Waals surface area contributed by atoms with Gasteiger partial charge in [-0.3, -0.25) is 14.9 Å². The summed E-state index contributed by atoms with van der Waals surface area (Å²) in [6.45, 7) is 3.92. The molecule has 1 saturated heterocycles. The zero-order valence-electron chi connectivity index (χ0n) is 16.4. The molecule has 3 rings (SSSR count). The Morgan fingerprint density at radius 3 is 2.36 bits per heavy atom. The summed E-state index contributed by atoms with van der Waals surface area (Å²) >= 11 is 0. The molecule has 148 valence electrons. The summed E-state index contributed by atoms with van der Waals surface area (Å²) in [5, 5.41) is 13.9. The zero-order chi connectivity index (χ0) is 20.1. The molecule has 1 aliphatic heterocycles. The minimum absolute atomic E-state index is 0.0930. The van der Waals surface area contributed by atoms with Crippen LogP contribution in [0.25, 0.3) is 0 Å². The van der Waals surface area contributed by atoms with Crippen molar-refractivity contribution in [3.63, 3.8) is 0 Å². The summed E-state index contributed by atoms with van der Waals surface area (Å²) in [5.41, 5.74) is 3.16. The van der Waals surface area contributed by atoms with Gasteiger partial charge in [0.05, 0.1) is 23.6 Å². The van der Waals surface area contributed by atoms with E-state index in [1.54, 1.807) is 30.0 Å². The largest absolute Gasteiger partial charge is 0.377 e. The summed E-state index contributed by atoms with van der Waals surface area (Å²) in [5.74, 6) is -0.321. The van der Waals surface area contributed by atoms with E-state index in [2.05, 4.69) is 17.4 Å². The van der Waals surface area contributed by atoms with Crippen molar-refractivity contribution in [2.75, 3.05) is 32.1 Å². The number of non-ortho nitro benzene ring substituents is 1. The summed E-state index contributed by atoms with van der Waals surface area (Å²) in [6, 6.07) is 12.6. The van der Waals surface area contributed by atoms with Crippen LogP contribution in [0, 0.1) is 10.1 Å². The molecule has 7 heteroatoms. The minimum Gasteiger partial charge on any atom is -0.377 e. The number of benzene rings is 2. The molecule has 2 aromatic carbocycles. The third kappa shape index (κ3) is 4.86. The van der Waals surface area contributed by atoms with Gasteiger partial charge in [0.2, 0.25) is 0 Å². The average Bonchev–Trinajstić information content (AvgIpc) is 3.19. The molecule has 1 amide bonds. The summed E-state index contributed by atoms with van der Waals surface area (Å²) < 4.78 is 0. The third-order valence-corrected chi connectivity index (χ3v) is 5.16. The molecule has 28 heavy (non-hydrogen) atoms. The number of nitrogens with one attached hydrogen (secondary N) is 2. The smallest absolute Gasteiger partial charge is 0.270 e. The molecule has 2 N–H and O–H groups in total. The van der Waals surface area contributed by atoms with E-state index in [4.69, 9.17) is 0 Å². The van der Waals surface area contributed by atoms with E-state index in [0.29, 0.717) is 17.8 Å². The summed E-state index contributed by atoms with van der Waals surface area (Å²) in [6.07, 6.45) is 2.62. The predicted molar refractivity (Wildman–Crippen MR) is 109 cm³/mol. The Labute approximate surface area is 165 Å². The van der Waals surface area contributed by atoms with Crippen molar-refractivity contribution in [1.82, 2.24) is 5.32 Å². The van der Waals surface area contributed by atoms with E-state index in [1.165, 1.54) is 43.6 Å². The van der Waals surface area contributed by atoms with E-state index in [9.17, 15) is 14.9 Å². The zero-order valence-corrected chi connectivity index (χ0v) is 16.4. The van der Waals surface area contributed by atoms with Gasteiger partial charge in [-0.2, -0.15) is 0 Å². The molecule has 0 spiro atoms. The van der Waals surface area contributed by atoms with Crippen LogP contribution in [0.4, 0.5) is 11.4 Å². The SMILES string of the molecule is CN(C)c1ccc([N+](=O)[O-])cc1C(=O)NCc1ccc(C[NH+]2CCCC2)cc1. The Hall–Kier alpha value is -2.93. The second-order valence-electron chi connectivity index (χ2n) is 7.49. The first kappa shape index (κ1) is 19.8. The number of quaternary nitrogens is 1. The van der Waals surface area contributed by atoms with Gasteiger partial charge in [-0.25, -0.2) is 0 Å². The van der Waals surface area contributed by atoms with Crippen LogP contribution >= 0.6 is 0 Å². The quantitative estimate of drug-likeness (QED) is 0.564. The third-order valence-electron chi connectivity index (χ3n) is 5.16. The monoisotopic (exact) mass is 383 g/mol. The maximum atomic E-state index is 12.7. The number of anilines is 1. The molecule has 0 unspecified atom stereocenters. The second-order valence-corrected chi connectivity index (χ2v) is 7.49. The molecule has 0 radical (unpaired) electrons. The van der Waals surface area contributed by atoms with Gasteiger partial charge in [0.1, 0.15) is 6.54 Å². The lowest BCUT2D eigenvalue weighted by Gasteiger charge is -2.17. The van der Waals surface area contributed by atoms with Gasteiger partial charge in [-0.15, -0.1) is 0 Å². The van der Waals surface area contributed by atoms with Gasteiger partial charge in [0, 0.05) is 56.9 Å². The molecule has 0 aromatic heterocycles. The van der Waals surface area contributed by atoms with Crippen molar-refractivity contribution in [2.24, 2.45) is 0 Å². The van der Waals surface area contributed by atoms with Gasteiger partial charge >= 0.3 is 0 Å². The maximum absolute atomic E-state index is 12.7. The van der Waals surface area contributed by atoms with E-state index < -0.39 is 4.92 Å². The van der Waals surface area contributed by atoms with Gasteiger partial charge in [-0.05, 0) is 11.6 Å². The number of likely N-dealkylation sites (tertiary alicyclic amines) is 1. The topological polar surface area (TPSA) is 79.9 Å². The number of carbonyl (C=O) groups excluding carboxylic acids is 1. The highest BCUT2D eigenvalue weighted by molar-refractivity contribution is 6.00. The first-order valence-electron chi connectivity index (χ1n) is 9.59. The van der Waals surface area contributed by atoms with Crippen molar-refractivity contribution in [3.8, 4) is 0 Å². The van der Waals surface area contributed by atoms with Crippen LogP contribution in [-0.2, 0) is 13.1 Å². The number of hydrogen-bond donors (Lipinski definition) is 2. The van der Waals surface area contributed by atoms with E-state index in [0.717, 1.165) is 12.1 Å².